The summed E-state index contributed by atoms with van der Waals surface area (Å²) in [5, 5.41) is 0.737. The molecule has 0 bridgehead atoms. The molecule has 1 aromatic carbocycles. The third kappa shape index (κ3) is 6.04. The van der Waals surface area contributed by atoms with E-state index in [0.29, 0.717) is 4.31 Å². The van der Waals surface area contributed by atoms with Crippen molar-refractivity contribution in [2.24, 2.45) is 0 Å². The maximum atomic E-state index is 13.4. The highest BCUT2D eigenvalue weighted by Crippen LogP contribution is 2.50. The van der Waals surface area contributed by atoms with Crippen LogP contribution in [0.4, 0.5) is 4.79 Å². The smallest absolute Gasteiger partial charge is 0.424 e. The molecule has 8 nitrogen and oxygen atoms in total. The summed E-state index contributed by atoms with van der Waals surface area (Å²) in [6, 6.07) is 7.04. The molecule has 1 heterocycles. The van der Waals surface area contributed by atoms with Crippen molar-refractivity contribution in [1.29, 1.82) is 0 Å². The van der Waals surface area contributed by atoms with Crippen LogP contribution < -0.4 is 0 Å². The van der Waals surface area contributed by atoms with Crippen molar-refractivity contribution in [2.75, 3.05) is 19.5 Å². The van der Waals surface area contributed by atoms with Gasteiger partial charge in [0.15, 0.2) is 0 Å². The van der Waals surface area contributed by atoms with Gasteiger partial charge in [-0.3, -0.25) is 4.57 Å². The lowest BCUT2D eigenvalue weighted by molar-refractivity contribution is 0.0399. The van der Waals surface area contributed by atoms with Gasteiger partial charge in [0.05, 0.1) is 13.2 Å². The highest BCUT2D eigenvalue weighted by molar-refractivity contribution is 7.92. The second-order valence-electron chi connectivity index (χ2n) is 7.53. The van der Waals surface area contributed by atoms with Crippen LogP contribution >= 0.6 is 18.9 Å². The Labute approximate surface area is 181 Å². The first-order valence-electron chi connectivity index (χ1n) is 9.45. The average Bonchev–Trinajstić information content (AvgIpc) is 3.02. The van der Waals surface area contributed by atoms with Gasteiger partial charge in [-0.25, -0.2) is 4.79 Å². The van der Waals surface area contributed by atoms with Crippen molar-refractivity contribution in [3.63, 3.8) is 0 Å². The molecule has 2 rings (SSSR count). The van der Waals surface area contributed by atoms with Crippen molar-refractivity contribution >= 4 is 45.1 Å². The Kier molecular flexibility index (Phi) is 7.74. The van der Waals surface area contributed by atoms with Crippen LogP contribution in [-0.2, 0) is 28.4 Å². The lowest BCUT2D eigenvalue weighted by Gasteiger charge is -2.28. The van der Waals surface area contributed by atoms with Gasteiger partial charge >= 0.3 is 13.7 Å². The second kappa shape index (κ2) is 9.36. The summed E-state index contributed by atoms with van der Waals surface area (Å²) in [7, 11) is -8.28. The van der Waals surface area contributed by atoms with Gasteiger partial charge in [0.2, 0.25) is 0 Å². The average molecular weight is 478 g/mol. The zero-order chi connectivity index (χ0) is 22.7. The van der Waals surface area contributed by atoms with Crippen LogP contribution in [0.15, 0.2) is 28.5 Å². The summed E-state index contributed by atoms with van der Waals surface area (Å²) >= 11 is 1.02. The topological polar surface area (TPSA) is 99.2 Å². The summed E-state index contributed by atoms with van der Waals surface area (Å²) in [6.07, 6.45) is -1.92. The first-order chi connectivity index (χ1) is 13.8. The molecule has 0 N–H and O–H groups in total. The van der Waals surface area contributed by atoms with E-state index in [1.807, 2.05) is 25.1 Å². The fourth-order valence-electron chi connectivity index (χ4n) is 2.59. The number of carbonyl (C=O) groups is 1. The molecule has 1 aromatic heterocycles. The Hall–Kier alpha value is -1.45. The number of ether oxygens (including phenoxy) is 1. The van der Waals surface area contributed by atoms with Gasteiger partial charge in [-0.2, -0.15) is 12.7 Å². The van der Waals surface area contributed by atoms with Gasteiger partial charge in [0.1, 0.15) is 16.1 Å². The summed E-state index contributed by atoms with van der Waals surface area (Å²) in [5.41, 5.74) is 0.0222. The number of sulfonamides is 1. The molecule has 168 valence electrons. The molecule has 0 aliphatic rings. The first-order valence-corrected chi connectivity index (χ1v) is 13.4. The van der Waals surface area contributed by atoms with E-state index in [0.717, 1.165) is 27.0 Å². The maximum Gasteiger partial charge on any atom is 0.424 e. The van der Waals surface area contributed by atoms with Crippen LogP contribution in [0.25, 0.3) is 10.1 Å². The number of thiophene rings is 1. The lowest BCUT2D eigenvalue weighted by Crippen LogP contribution is -2.41. The summed E-state index contributed by atoms with van der Waals surface area (Å²) in [4.78, 5) is 12.8. The van der Waals surface area contributed by atoms with Gasteiger partial charge < -0.3 is 13.8 Å². The van der Waals surface area contributed by atoms with Crippen LogP contribution in [-0.4, -0.2) is 43.9 Å². The van der Waals surface area contributed by atoms with Crippen molar-refractivity contribution in [2.45, 2.75) is 51.4 Å². The Balaban J connectivity index is 2.54. The molecule has 1 amide bonds. The van der Waals surface area contributed by atoms with E-state index in [2.05, 4.69) is 0 Å². The van der Waals surface area contributed by atoms with Gasteiger partial charge in [-0.1, -0.05) is 17.7 Å². The molecule has 11 heteroatoms. The maximum absolute atomic E-state index is 13.4. The van der Waals surface area contributed by atoms with Crippen LogP contribution in [0.3, 0.4) is 0 Å². The zero-order valence-corrected chi connectivity index (χ0v) is 20.5. The SMILES string of the molecule is CCOP(=O)(CN(C(=O)OC(C)(C)C)S(=O)(=O)c1cc2cc(C)ccc2s1)OCC. The molecule has 0 atom stereocenters. The van der Waals surface area contributed by atoms with E-state index in [1.165, 1.54) is 6.07 Å². The summed E-state index contributed by atoms with van der Waals surface area (Å²) in [5.74, 6) is 0. The van der Waals surface area contributed by atoms with E-state index in [-0.39, 0.29) is 17.4 Å². The Morgan fingerprint density at radius 3 is 2.27 bits per heavy atom. The fourth-order valence-corrected chi connectivity index (χ4v) is 7.54. The molecule has 0 unspecified atom stereocenters. The van der Waals surface area contributed by atoms with Crippen LogP contribution in [0.5, 0.6) is 0 Å². The molecule has 30 heavy (non-hydrogen) atoms. The molecular formula is C19H28NO7PS2. The van der Waals surface area contributed by atoms with Gasteiger partial charge in [0.25, 0.3) is 10.0 Å². The fraction of sp³-hybridized carbons (Fsp3) is 0.526. The zero-order valence-electron chi connectivity index (χ0n) is 18.0. The van der Waals surface area contributed by atoms with Crippen LogP contribution in [0.2, 0.25) is 0 Å². The predicted molar refractivity (Wildman–Crippen MR) is 118 cm³/mol. The number of nitrogens with zero attached hydrogens (tertiary/aromatic N) is 1. The van der Waals surface area contributed by atoms with Crippen molar-refractivity contribution < 1.29 is 31.6 Å². The monoisotopic (exact) mass is 477 g/mol. The molecular weight excluding hydrogens is 449 g/mol. The molecule has 0 saturated heterocycles. The number of carbonyl (C=O) groups excluding carboxylic acids is 1. The number of hydrogen-bond acceptors (Lipinski definition) is 8. The minimum absolute atomic E-state index is 0.0294. The highest BCUT2D eigenvalue weighted by atomic mass is 32.2. The number of benzene rings is 1. The van der Waals surface area contributed by atoms with Gasteiger partial charge in [-0.15, -0.1) is 11.3 Å². The predicted octanol–water partition coefficient (Wildman–Crippen LogP) is 5.36. The molecule has 0 aliphatic heterocycles. The molecule has 0 fully saturated rings. The Morgan fingerprint density at radius 1 is 1.13 bits per heavy atom. The normalized spacial score (nSPS) is 12.9. The Morgan fingerprint density at radius 2 is 1.73 bits per heavy atom. The number of aryl methyl sites for hydroxylation is 1. The number of fused-ring (bicyclic) bond motifs is 1. The van der Waals surface area contributed by atoms with Crippen molar-refractivity contribution in [1.82, 2.24) is 4.31 Å². The third-order valence-electron chi connectivity index (χ3n) is 3.74. The van der Waals surface area contributed by atoms with Gasteiger partial charge in [-0.05, 0) is 59.1 Å². The van der Waals surface area contributed by atoms with E-state index in [1.54, 1.807) is 34.6 Å². The second-order valence-corrected chi connectivity index (χ2v) is 12.7. The molecule has 0 spiro atoms. The summed E-state index contributed by atoms with van der Waals surface area (Å²) in [6.45, 7) is 10.0. The van der Waals surface area contributed by atoms with E-state index < -0.39 is 35.6 Å². The number of rotatable bonds is 8. The van der Waals surface area contributed by atoms with Crippen LogP contribution in [0, 0.1) is 6.92 Å². The summed E-state index contributed by atoms with van der Waals surface area (Å²) < 4.78 is 56.7. The Bertz CT molecular complexity index is 1050. The molecule has 0 saturated carbocycles. The standard InChI is InChI=1S/C19H28NO7PS2/c1-7-25-28(22,26-8-2)13-20(18(21)27-19(4,5)6)30(23,24)17-12-15-11-14(3)9-10-16(15)29-17/h9-12H,7-8,13H2,1-6H3. The number of amides is 1. The molecule has 0 radical (unpaired) electrons. The van der Waals surface area contributed by atoms with E-state index in [9.17, 15) is 17.8 Å². The minimum atomic E-state index is -4.37. The van der Waals surface area contributed by atoms with Gasteiger partial charge in [0, 0.05) is 4.70 Å². The van der Waals surface area contributed by atoms with Crippen molar-refractivity contribution in [3.05, 3.63) is 29.8 Å². The highest BCUT2D eigenvalue weighted by Gasteiger charge is 2.40. The third-order valence-corrected chi connectivity index (χ3v) is 9.15. The molecule has 0 aliphatic carbocycles. The number of hydrogen-bond donors (Lipinski definition) is 0. The quantitative estimate of drug-likeness (QED) is 0.472. The van der Waals surface area contributed by atoms with E-state index in [4.69, 9.17) is 13.8 Å². The van der Waals surface area contributed by atoms with E-state index >= 15 is 0 Å². The molecule has 2 aromatic rings. The minimum Gasteiger partial charge on any atom is -0.443 e. The first kappa shape index (κ1) is 24.8. The largest absolute Gasteiger partial charge is 0.443 e. The van der Waals surface area contributed by atoms with Crippen LogP contribution in [0.1, 0.15) is 40.2 Å². The van der Waals surface area contributed by atoms with Crippen molar-refractivity contribution in [3.8, 4) is 0 Å². The lowest BCUT2D eigenvalue weighted by atomic mass is 10.2.